The van der Waals surface area contributed by atoms with E-state index in [0.717, 1.165) is 31.2 Å². The number of benzene rings is 1. The minimum Gasteiger partial charge on any atom is -0.465 e. The summed E-state index contributed by atoms with van der Waals surface area (Å²) in [5.74, 6) is -2.32. The van der Waals surface area contributed by atoms with Crippen LogP contribution in [0.1, 0.15) is 76.2 Å². The summed E-state index contributed by atoms with van der Waals surface area (Å²) in [6.45, 7) is 9.87. The van der Waals surface area contributed by atoms with E-state index in [1.807, 2.05) is 0 Å². The van der Waals surface area contributed by atoms with Crippen molar-refractivity contribution >= 4 is 17.9 Å². The van der Waals surface area contributed by atoms with Gasteiger partial charge in [0.1, 0.15) is 0 Å². The van der Waals surface area contributed by atoms with E-state index in [1.165, 1.54) is 7.11 Å². The molecule has 1 aromatic rings. The van der Waals surface area contributed by atoms with Crippen LogP contribution in [-0.4, -0.2) is 30.8 Å². The molecule has 2 aliphatic rings. The molecule has 6 nitrogen and oxygen atoms in total. The predicted molar refractivity (Wildman–Crippen MR) is 115 cm³/mol. The average Bonchev–Trinajstić information content (AvgIpc) is 2.69. The molecule has 1 heterocycles. The molecule has 170 valence electrons. The van der Waals surface area contributed by atoms with Crippen LogP contribution >= 0.6 is 0 Å². The number of hydrogen-bond donors (Lipinski definition) is 0. The fourth-order valence-electron chi connectivity index (χ4n) is 5.01. The summed E-state index contributed by atoms with van der Waals surface area (Å²) in [4.78, 5) is 38.4. The lowest BCUT2D eigenvalue weighted by Gasteiger charge is -2.47. The molecule has 6 heteroatoms. The summed E-state index contributed by atoms with van der Waals surface area (Å²) in [5.41, 5.74) is 0.0166. The zero-order valence-corrected chi connectivity index (χ0v) is 19.4. The van der Waals surface area contributed by atoms with Crippen molar-refractivity contribution in [3.8, 4) is 0 Å². The smallest absolute Gasteiger partial charge is 0.337 e. The summed E-state index contributed by atoms with van der Waals surface area (Å²) in [5, 5.41) is 0. The molecule has 3 rings (SSSR count). The number of methoxy groups -OCH3 is 1. The first kappa shape index (κ1) is 23.3. The number of rotatable bonds is 4. The molecule has 1 saturated carbocycles. The lowest BCUT2D eigenvalue weighted by Crippen LogP contribution is -2.58. The molecule has 0 amide bonds. The van der Waals surface area contributed by atoms with Gasteiger partial charge in [-0.05, 0) is 67.1 Å². The maximum absolute atomic E-state index is 13.3. The molecule has 2 fully saturated rings. The van der Waals surface area contributed by atoms with Gasteiger partial charge in [0.25, 0.3) is 5.79 Å². The van der Waals surface area contributed by atoms with Crippen LogP contribution in [0.3, 0.4) is 0 Å². The van der Waals surface area contributed by atoms with Gasteiger partial charge < -0.3 is 14.2 Å². The van der Waals surface area contributed by atoms with Crippen LogP contribution in [-0.2, 0) is 30.2 Å². The van der Waals surface area contributed by atoms with Crippen LogP contribution in [0, 0.1) is 22.7 Å². The lowest BCUT2D eigenvalue weighted by atomic mass is 9.61. The van der Waals surface area contributed by atoms with E-state index in [0.29, 0.717) is 11.5 Å². The quantitative estimate of drug-likeness (QED) is 0.509. The third kappa shape index (κ3) is 4.63. The highest BCUT2D eigenvalue weighted by atomic mass is 16.7. The molecule has 0 radical (unpaired) electrons. The highest BCUT2D eigenvalue weighted by Gasteiger charge is 2.60. The fourth-order valence-corrected chi connectivity index (χ4v) is 5.01. The highest BCUT2D eigenvalue weighted by Crippen LogP contribution is 2.50. The monoisotopic (exact) mass is 430 g/mol. The molecule has 1 saturated heterocycles. The standard InChI is InChI=1S/C25H34O6/c1-23(2,3)18-11-13-19(14-12-18)25(21(27)30-24(4,5)31-22(25)28)15-16-7-9-17(10-8-16)20(26)29-6/h7-10,18-19H,11-15H2,1-6H3. The first-order valence-electron chi connectivity index (χ1n) is 11.0. The number of carbonyl (C=O) groups is 3. The maximum atomic E-state index is 13.3. The largest absolute Gasteiger partial charge is 0.465 e. The van der Waals surface area contributed by atoms with Gasteiger partial charge in [-0.3, -0.25) is 9.59 Å². The van der Waals surface area contributed by atoms with E-state index < -0.39 is 29.1 Å². The zero-order chi connectivity index (χ0) is 23.0. The third-order valence-corrected chi connectivity index (χ3v) is 6.91. The third-order valence-electron chi connectivity index (χ3n) is 6.91. The van der Waals surface area contributed by atoms with Crippen LogP contribution in [0.2, 0.25) is 0 Å². The number of esters is 3. The van der Waals surface area contributed by atoms with Crippen molar-refractivity contribution < 1.29 is 28.6 Å². The second kappa shape index (κ2) is 8.29. The van der Waals surface area contributed by atoms with Gasteiger partial charge in [-0.1, -0.05) is 32.9 Å². The Labute approximate surface area is 184 Å². The van der Waals surface area contributed by atoms with Crippen LogP contribution < -0.4 is 0 Å². The van der Waals surface area contributed by atoms with Gasteiger partial charge in [0.05, 0.1) is 12.7 Å². The molecule has 31 heavy (non-hydrogen) atoms. The molecule has 1 aliphatic heterocycles. The molecule has 0 N–H and O–H groups in total. The SMILES string of the molecule is COC(=O)c1ccc(CC2(C3CCC(C(C)(C)C)CC3)C(=O)OC(C)(C)OC2=O)cc1. The van der Waals surface area contributed by atoms with Crippen molar-refractivity contribution in [1.29, 1.82) is 0 Å². The Morgan fingerprint density at radius 3 is 1.97 bits per heavy atom. The topological polar surface area (TPSA) is 78.9 Å². The van der Waals surface area contributed by atoms with Crippen LogP contribution in [0.5, 0.6) is 0 Å². The summed E-state index contributed by atoms with van der Waals surface area (Å²) >= 11 is 0. The van der Waals surface area contributed by atoms with Gasteiger partial charge in [-0.15, -0.1) is 0 Å². The van der Waals surface area contributed by atoms with Crippen molar-refractivity contribution in [2.24, 2.45) is 22.7 Å². The van der Waals surface area contributed by atoms with Crippen LogP contribution in [0.15, 0.2) is 24.3 Å². The molecule has 0 aromatic heterocycles. The molecule has 0 spiro atoms. The Balaban J connectivity index is 1.92. The number of cyclic esters (lactones) is 2. The molecular weight excluding hydrogens is 396 g/mol. The molecule has 1 aliphatic carbocycles. The summed E-state index contributed by atoms with van der Waals surface area (Å²) in [6.07, 6.45) is 3.65. The van der Waals surface area contributed by atoms with Crippen LogP contribution in [0.4, 0.5) is 0 Å². The Morgan fingerprint density at radius 2 is 1.52 bits per heavy atom. The maximum Gasteiger partial charge on any atom is 0.337 e. The van der Waals surface area contributed by atoms with Crippen molar-refractivity contribution in [1.82, 2.24) is 0 Å². The molecular formula is C25H34O6. The van der Waals surface area contributed by atoms with E-state index in [9.17, 15) is 14.4 Å². The average molecular weight is 431 g/mol. The van der Waals surface area contributed by atoms with E-state index in [-0.39, 0.29) is 17.8 Å². The van der Waals surface area contributed by atoms with E-state index in [1.54, 1.807) is 38.1 Å². The van der Waals surface area contributed by atoms with Gasteiger partial charge in [-0.25, -0.2) is 4.79 Å². The van der Waals surface area contributed by atoms with Gasteiger partial charge >= 0.3 is 17.9 Å². The Bertz CT molecular complexity index is 818. The van der Waals surface area contributed by atoms with Crippen molar-refractivity contribution in [2.75, 3.05) is 7.11 Å². The predicted octanol–water partition coefficient (Wildman–Crippen LogP) is 4.69. The Hall–Kier alpha value is -2.37. The normalized spacial score (nSPS) is 25.4. The molecule has 0 atom stereocenters. The highest BCUT2D eigenvalue weighted by molar-refractivity contribution is 6.02. The van der Waals surface area contributed by atoms with Crippen molar-refractivity contribution in [3.63, 3.8) is 0 Å². The number of hydrogen-bond acceptors (Lipinski definition) is 6. The molecule has 0 bridgehead atoms. The second-order valence-electron chi connectivity index (χ2n) is 10.4. The van der Waals surface area contributed by atoms with E-state index in [2.05, 4.69) is 20.8 Å². The lowest BCUT2D eigenvalue weighted by molar-refractivity contribution is -0.256. The Kier molecular flexibility index (Phi) is 6.23. The summed E-state index contributed by atoms with van der Waals surface area (Å²) in [6, 6.07) is 6.81. The summed E-state index contributed by atoms with van der Waals surface area (Å²) in [7, 11) is 1.33. The Morgan fingerprint density at radius 1 is 1.00 bits per heavy atom. The van der Waals surface area contributed by atoms with Gasteiger partial charge in [-0.2, -0.15) is 0 Å². The number of carbonyl (C=O) groups excluding carboxylic acids is 3. The van der Waals surface area contributed by atoms with Crippen molar-refractivity contribution in [3.05, 3.63) is 35.4 Å². The van der Waals surface area contributed by atoms with Gasteiger partial charge in [0.2, 0.25) is 0 Å². The van der Waals surface area contributed by atoms with Crippen LogP contribution in [0.25, 0.3) is 0 Å². The fraction of sp³-hybridized carbons (Fsp3) is 0.640. The first-order chi connectivity index (χ1) is 14.4. The van der Waals surface area contributed by atoms with Crippen molar-refractivity contribution in [2.45, 2.75) is 72.5 Å². The minimum absolute atomic E-state index is 0.150. The van der Waals surface area contributed by atoms with E-state index in [4.69, 9.17) is 14.2 Å². The number of ether oxygens (including phenoxy) is 3. The van der Waals surface area contributed by atoms with E-state index >= 15 is 0 Å². The second-order valence-corrected chi connectivity index (χ2v) is 10.4. The summed E-state index contributed by atoms with van der Waals surface area (Å²) < 4.78 is 16.0. The zero-order valence-electron chi connectivity index (χ0n) is 19.4. The molecule has 0 unspecified atom stereocenters. The molecule has 1 aromatic carbocycles. The first-order valence-corrected chi connectivity index (χ1v) is 11.0. The van der Waals surface area contributed by atoms with Gasteiger partial charge in [0.15, 0.2) is 5.41 Å². The minimum atomic E-state index is -1.37. The van der Waals surface area contributed by atoms with Gasteiger partial charge in [0, 0.05) is 13.8 Å².